The standard InChI is InChI=1S/C11H13F2NO2/c1-3-8-11(14-15-2)10-7(13)4-6(12)5-9(10)16-8/h4-5,8,11,14H,3H2,1-2H3. The molecule has 2 unspecified atom stereocenters. The minimum Gasteiger partial charge on any atom is -0.488 e. The fourth-order valence-electron chi connectivity index (χ4n) is 1.96. The van der Waals surface area contributed by atoms with Gasteiger partial charge in [-0.05, 0) is 6.42 Å². The third kappa shape index (κ3) is 1.76. The van der Waals surface area contributed by atoms with Crippen LogP contribution in [0.25, 0.3) is 0 Å². The SMILES string of the molecule is CCC1Oc2cc(F)cc(F)c2C1NOC. The van der Waals surface area contributed by atoms with Crippen molar-refractivity contribution in [2.24, 2.45) is 0 Å². The van der Waals surface area contributed by atoms with Crippen LogP contribution in [0, 0.1) is 11.6 Å². The normalized spacial score (nSPS) is 23.0. The van der Waals surface area contributed by atoms with Crippen LogP contribution in [-0.4, -0.2) is 13.2 Å². The maximum absolute atomic E-state index is 13.6. The lowest BCUT2D eigenvalue weighted by Crippen LogP contribution is -2.30. The van der Waals surface area contributed by atoms with Crippen molar-refractivity contribution in [1.82, 2.24) is 5.48 Å². The predicted octanol–water partition coefficient (Wildman–Crippen LogP) is 2.33. The number of nitrogens with one attached hydrogen (secondary N) is 1. The first-order valence-electron chi connectivity index (χ1n) is 5.11. The van der Waals surface area contributed by atoms with Gasteiger partial charge in [0.2, 0.25) is 0 Å². The maximum Gasteiger partial charge on any atom is 0.134 e. The zero-order valence-corrected chi connectivity index (χ0v) is 9.09. The van der Waals surface area contributed by atoms with Crippen LogP contribution in [0.2, 0.25) is 0 Å². The quantitative estimate of drug-likeness (QED) is 0.807. The Morgan fingerprint density at radius 3 is 2.81 bits per heavy atom. The summed E-state index contributed by atoms with van der Waals surface area (Å²) in [6.45, 7) is 1.91. The lowest BCUT2D eigenvalue weighted by atomic mass is 10.0. The zero-order valence-electron chi connectivity index (χ0n) is 9.09. The minimum absolute atomic E-state index is 0.244. The van der Waals surface area contributed by atoms with Crippen molar-refractivity contribution in [1.29, 1.82) is 0 Å². The summed E-state index contributed by atoms with van der Waals surface area (Å²) < 4.78 is 32.1. The summed E-state index contributed by atoms with van der Waals surface area (Å²) in [4.78, 5) is 4.81. The molecule has 2 rings (SSSR count). The highest BCUT2D eigenvalue weighted by Crippen LogP contribution is 2.40. The van der Waals surface area contributed by atoms with Gasteiger partial charge in [0.15, 0.2) is 0 Å². The number of fused-ring (bicyclic) bond motifs is 1. The van der Waals surface area contributed by atoms with Crippen molar-refractivity contribution in [3.05, 3.63) is 29.3 Å². The minimum atomic E-state index is -0.635. The van der Waals surface area contributed by atoms with Gasteiger partial charge in [-0.3, -0.25) is 0 Å². The van der Waals surface area contributed by atoms with Gasteiger partial charge in [0.25, 0.3) is 0 Å². The highest BCUT2D eigenvalue weighted by atomic mass is 19.1. The second-order valence-corrected chi connectivity index (χ2v) is 3.66. The third-order valence-electron chi connectivity index (χ3n) is 2.66. The van der Waals surface area contributed by atoms with E-state index in [4.69, 9.17) is 9.57 Å². The molecule has 1 aromatic rings. The van der Waals surface area contributed by atoms with E-state index in [-0.39, 0.29) is 11.9 Å². The second kappa shape index (κ2) is 4.35. The molecule has 1 aromatic carbocycles. The monoisotopic (exact) mass is 229 g/mol. The Hall–Kier alpha value is -1.20. The third-order valence-corrected chi connectivity index (χ3v) is 2.66. The molecular formula is C11H13F2NO2. The molecule has 0 spiro atoms. The van der Waals surface area contributed by atoms with Gasteiger partial charge >= 0.3 is 0 Å². The molecular weight excluding hydrogens is 216 g/mol. The van der Waals surface area contributed by atoms with Gasteiger partial charge in [0.1, 0.15) is 29.5 Å². The first-order chi connectivity index (χ1) is 7.67. The smallest absolute Gasteiger partial charge is 0.134 e. The number of benzene rings is 1. The Balaban J connectivity index is 2.41. The van der Waals surface area contributed by atoms with Crippen LogP contribution in [0.5, 0.6) is 5.75 Å². The van der Waals surface area contributed by atoms with Crippen LogP contribution in [0.1, 0.15) is 24.9 Å². The molecule has 0 saturated carbocycles. The fraction of sp³-hybridized carbons (Fsp3) is 0.455. The van der Waals surface area contributed by atoms with Gasteiger partial charge in [-0.25, -0.2) is 8.78 Å². The molecule has 1 aliphatic rings. The lowest BCUT2D eigenvalue weighted by molar-refractivity contribution is 0.0276. The molecule has 0 amide bonds. The Kier molecular flexibility index (Phi) is 3.07. The van der Waals surface area contributed by atoms with E-state index in [1.807, 2.05) is 6.92 Å². The number of rotatable bonds is 3. The summed E-state index contributed by atoms with van der Waals surface area (Å²) in [6.07, 6.45) is 0.433. The van der Waals surface area contributed by atoms with Gasteiger partial charge in [0, 0.05) is 12.1 Å². The molecule has 1 aliphatic heterocycles. The number of hydroxylamine groups is 1. The average Bonchev–Trinajstić information content (AvgIpc) is 2.57. The van der Waals surface area contributed by atoms with Gasteiger partial charge in [-0.2, -0.15) is 5.48 Å². The van der Waals surface area contributed by atoms with Crippen molar-refractivity contribution in [3.63, 3.8) is 0 Å². The number of halogens is 2. The Bertz CT molecular complexity index is 398. The van der Waals surface area contributed by atoms with Crippen LogP contribution in [-0.2, 0) is 4.84 Å². The van der Waals surface area contributed by atoms with Gasteiger partial charge in [-0.1, -0.05) is 6.92 Å². The molecule has 5 heteroatoms. The molecule has 88 valence electrons. The number of hydrogen-bond acceptors (Lipinski definition) is 3. The predicted molar refractivity (Wildman–Crippen MR) is 54.0 cm³/mol. The molecule has 3 nitrogen and oxygen atoms in total. The van der Waals surface area contributed by atoms with E-state index in [0.717, 1.165) is 6.07 Å². The van der Waals surface area contributed by atoms with Crippen LogP contribution < -0.4 is 10.2 Å². The summed E-state index contributed by atoms with van der Waals surface area (Å²) in [6, 6.07) is 1.65. The van der Waals surface area contributed by atoms with Gasteiger partial charge < -0.3 is 9.57 Å². The van der Waals surface area contributed by atoms with Crippen molar-refractivity contribution < 1.29 is 18.4 Å². The molecule has 0 aromatic heterocycles. The average molecular weight is 229 g/mol. The topological polar surface area (TPSA) is 30.5 Å². The summed E-state index contributed by atoms with van der Waals surface area (Å²) in [5.74, 6) is -0.997. The molecule has 0 bridgehead atoms. The van der Waals surface area contributed by atoms with Crippen molar-refractivity contribution in [2.45, 2.75) is 25.5 Å². The molecule has 0 fully saturated rings. The van der Waals surface area contributed by atoms with E-state index in [2.05, 4.69) is 5.48 Å². The Morgan fingerprint density at radius 1 is 1.44 bits per heavy atom. The highest BCUT2D eigenvalue weighted by molar-refractivity contribution is 5.42. The first-order valence-corrected chi connectivity index (χ1v) is 5.11. The molecule has 2 atom stereocenters. The number of hydrogen-bond donors (Lipinski definition) is 1. The van der Waals surface area contributed by atoms with E-state index >= 15 is 0 Å². The highest BCUT2D eigenvalue weighted by Gasteiger charge is 2.36. The zero-order chi connectivity index (χ0) is 11.7. The first kappa shape index (κ1) is 11.3. The van der Waals surface area contributed by atoms with Gasteiger partial charge in [0.05, 0.1) is 12.7 Å². The van der Waals surface area contributed by atoms with Crippen LogP contribution in [0.4, 0.5) is 8.78 Å². The Labute approximate surface area is 92.3 Å². The van der Waals surface area contributed by atoms with Crippen molar-refractivity contribution in [3.8, 4) is 5.75 Å². The van der Waals surface area contributed by atoms with E-state index in [9.17, 15) is 8.78 Å². The van der Waals surface area contributed by atoms with Crippen LogP contribution in [0.3, 0.4) is 0 Å². The summed E-state index contributed by atoms with van der Waals surface area (Å²) in [7, 11) is 1.45. The summed E-state index contributed by atoms with van der Waals surface area (Å²) >= 11 is 0. The van der Waals surface area contributed by atoms with Crippen LogP contribution >= 0.6 is 0 Å². The molecule has 0 aliphatic carbocycles. The number of ether oxygens (including phenoxy) is 1. The van der Waals surface area contributed by atoms with E-state index < -0.39 is 17.7 Å². The molecule has 0 radical (unpaired) electrons. The fourth-order valence-corrected chi connectivity index (χ4v) is 1.96. The van der Waals surface area contributed by atoms with E-state index in [1.54, 1.807) is 0 Å². The van der Waals surface area contributed by atoms with Crippen molar-refractivity contribution >= 4 is 0 Å². The molecule has 16 heavy (non-hydrogen) atoms. The Morgan fingerprint density at radius 2 is 2.19 bits per heavy atom. The maximum atomic E-state index is 13.6. The van der Waals surface area contributed by atoms with Gasteiger partial charge in [-0.15, -0.1) is 0 Å². The summed E-state index contributed by atoms with van der Waals surface area (Å²) in [5.41, 5.74) is 3.00. The molecule has 0 saturated heterocycles. The summed E-state index contributed by atoms with van der Waals surface area (Å²) in [5, 5.41) is 0. The van der Waals surface area contributed by atoms with E-state index in [1.165, 1.54) is 13.2 Å². The largest absolute Gasteiger partial charge is 0.488 e. The lowest BCUT2D eigenvalue weighted by Gasteiger charge is -2.17. The molecule has 1 heterocycles. The van der Waals surface area contributed by atoms with E-state index in [0.29, 0.717) is 12.0 Å². The van der Waals surface area contributed by atoms with Crippen molar-refractivity contribution in [2.75, 3.05) is 7.11 Å². The molecule has 1 N–H and O–H groups in total. The second-order valence-electron chi connectivity index (χ2n) is 3.66. The van der Waals surface area contributed by atoms with Crippen LogP contribution in [0.15, 0.2) is 12.1 Å².